The molecule has 1 saturated heterocycles. The lowest BCUT2D eigenvalue weighted by molar-refractivity contribution is 0.0698. The minimum atomic E-state index is -1.03. The number of aromatic carboxylic acids is 1. The van der Waals surface area contributed by atoms with Gasteiger partial charge in [-0.3, -0.25) is 4.90 Å². The minimum Gasteiger partial charge on any atom is -0.478 e. The van der Waals surface area contributed by atoms with E-state index in [0.717, 1.165) is 10.8 Å². The number of urea groups is 1. The largest absolute Gasteiger partial charge is 0.478 e. The second-order valence-corrected chi connectivity index (χ2v) is 4.41. The van der Waals surface area contributed by atoms with Crippen LogP contribution in [-0.2, 0) is 0 Å². The molecule has 0 aliphatic carbocycles. The molecule has 2 amide bonds. The van der Waals surface area contributed by atoms with Gasteiger partial charge in [0.2, 0.25) is 0 Å². The van der Waals surface area contributed by atoms with Gasteiger partial charge in [-0.1, -0.05) is 24.3 Å². The maximum Gasteiger partial charge on any atom is 0.337 e. The first kappa shape index (κ1) is 11.5. The number of benzene rings is 2. The van der Waals surface area contributed by atoms with Crippen LogP contribution in [-0.4, -0.2) is 30.2 Å². The van der Waals surface area contributed by atoms with E-state index in [-0.39, 0.29) is 11.6 Å². The number of nitrogens with one attached hydrogen (secondary N) is 1. The van der Waals surface area contributed by atoms with Gasteiger partial charge in [0.15, 0.2) is 0 Å². The molecule has 1 aliphatic rings. The van der Waals surface area contributed by atoms with Crippen LogP contribution in [0.15, 0.2) is 36.4 Å². The lowest BCUT2D eigenvalue weighted by atomic mass is 10.0. The number of carbonyl (C=O) groups excluding carboxylic acids is 1. The molecule has 1 aliphatic heterocycles. The highest BCUT2D eigenvalue weighted by molar-refractivity contribution is 6.06. The summed E-state index contributed by atoms with van der Waals surface area (Å²) in [6.07, 6.45) is 0. The van der Waals surface area contributed by atoms with E-state index >= 15 is 0 Å². The van der Waals surface area contributed by atoms with Crippen LogP contribution in [0.5, 0.6) is 0 Å². The average molecular weight is 256 g/mol. The Labute approximate surface area is 109 Å². The topological polar surface area (TPSA) is 69.6 Å². The summed E-state index contributed by atoms with van der Waals surface area (Å²) in [4.78, 5) is 24.5. The van der Waals surface area contributed by atoms with Gasteiger partial charge in [0, 0.05) is 13.1 Å². The van der Waals surface area contributed by atoms with E-state index in [1.165, 1.54) is 4.90 Å². The fourth-order valence-corrected chi connectivity index (χ4v) is 2.32. The SMILES string of the molecule is O=C(O)c1cc2ccccc2cc1N1CCNC1=O. The van der Waals surface area contributed by atoms with E-state index < -0.39 is 5.97 Å². The van der Waals surface area contributed by atoms with Crippen molar-refractivity contribution >= 4 is 28.5 Å². The van der Waals surface area contributed by atoms with Crippen molar-refractivity contribution in [3.63, 3.8) is 0 Å². The van der Waals surface area contributed by atoms with Gasteiger partial charge >= 0.3 is 12.0 Å². The molecule has 2 aromatic carbocycles. The zero-order valence-electron chi connectivity index (χ0n) is 10.1. The molecular weight excluding hydrogens is 244 g/mol. The van der Waals surface area contributed by atoms with Gasteiger partial charge < -0.3 is 10.4 Å². The number of anilines is 1. The number of fused-ring (bicyclic) bond motifs is 1. The summed E-state index contributed by atoms with van der Waals surface area (Å²) in [5.74, 6) is -1.03. The number of hydrogen-bond acceptors (Lipinski definition) is 2. The highest BCUT2D eigenvalue weighted by Crippen LogP contribution is 2.28. The summed E-state index contributed by atoms with van der Waals surface area (Å²) in [7, 11) is 0. The quantitative estimate of drug-likeness (QED) is 0.864. The van der Waals surface area contributed by atoms with E-state index in [4.69, 9.17) is 0 Å². The summed E-state index contributed by atoms with van der Waals surface area (Å²) in [6.45, 7) is 1.02. The Balaban J connectivity index is 2.23. The van der Waals surface area contributed by atoms with Crippen molar-refractivity contribution in [2.24, 2.45) is 0 Å². The van der Waals surface area contributed by atoms with Gasteiger partial charge in [-0.05, 0) is 22.9 Å². The first-order valence-electron chi connectivity index (χ1n) is 5.98. The molecule has 1 heterocycles. The molecular formula is C14H12N2O3. The number of rotatable bonds is 2. The van der Waals surface area contributed by atoms with Gasteiger partial charge in [-0.25, -0.2) is 9.59 Å². The first-order valence-corrected chi connectivity index (χ1v) is 5.98. The van der Waals surface area contributed by atoms with E-state index in [1.54, 1.807) is 12.1 Å². The summed E-state index contributed by atoms with van der Waals surface area (Å²) in [5.41, 5.74) is 0.594. The fourth-order valence-electron chi connectivity index (χ4n) is 2.32. The predicted octanol–water partition coefficient (Wildman–Crippen LogP) is 2.07. The van der Waals surface area contributed by atoms with E-state index in [1.807, 2.05) is 24.3 Å². The Morgan fingerprint density at radius 1 is 1.21 bits per heavy atom. The number of amides is 2. The molecule has 0 saturated carbocycles. The van der Waals surface area contributed by atoms with Crippen molar-refractivity contribution in [2.45, 2.75) is 0 Å². The predicted molar refractivity (Wildman–Crippen MR) is 71.7 cm³/mol. The fraction of sp³-hybridized carbons (Fsp3) is 0.143. The summed E-state index contributed by atoms with van der Waals surface area (Å²) in [6, 6.07) is 10.6. The molecule has 96 valence electrons. The first-order chi connectivity index (χ1) is 9.16. The summed E-state index contributed by atoms with van der Waals surface area (Å²) >= 11 is 0. The molecule has 0 radical (unpaired) electrons. The number of carbonyl (C=O) groups is 2. The van der Waals surface area contributed by atoms with Crippen LogP contribution in [0.1, 0.15) is 10.4 Å². The minimum absolute atomic E-state index is 0.149. The van der Waals surface area contributed by atoms with Crippen LogP contribution in [0.2, 0.25) is 0 Å². The average Bonchev–Trinajstić information content (AvgIpc) is 2.83. The number of carboxylic acids is 1. The Morgan fingerprint density at radius 2 is 1.89 bits per heavy atom. The van der Waals surface area contributed by atoms with Crippen LogP contribution in [0.3, 0.4) is 0 Å². The van der Waals surface area contributed by atoms with Gasteiger partial charge in [0.1, 0.15) is 0 Å². The smallest absolute Gasteiger partial charge is 0.337 e. The zero-order valence-corrected chi connectivity index (χ0v) is 10.1. The third kappa shape index (κ3) is 1.89. The lowest BCUT2D eigenvalue weighted by Crippen LogP contribution is -2.29. The number of nitrogens with zero attached hydrogens (tertiary/aromatic N) is 1. The van der Waals surface area contributed by atoms with Crippen LogP contribution >= 0.6 is 0 Å². The van der Waals surface area contributed by atoms with E-state index in [2.05, 4.69) is 5.32 Å². The number of carboxylic acid groups (broad SMARTS) is 1. The molecule has 2 N–H and O–H groups in total. The number of hydrogen-bond donors (Lipinski definition) is 2. The molecule has 2 aromatic rings. The van der Waals surface area contributed by atoms with E-state index in [9.17, 15) is 14.7 Å². The molecule has 0 bridgehead atoms. The van der Waals surface area contributed by atoms with Crippen molar-refractivity contribution in [2.75, 3.05) is 18.0 Å². The van der Waals surface area contributed by atoms with Gasteiger partial charge in [0.25, 0.3) is 0 Å². The lowest BCUT2D eigenvalue weighted by Gasteiger charge is -2.17. The molecule has 19 heavy (non-hydrogen) atoms. The molecule has 0 unspecified atom stereocenters. The van der Waals surface area contributed by atoms with E-state index in [0.29, 0.717) is 18.8 Å². The molecule has 0 aromatic heterocycles. The van der Waals surface area contributed by atoms with Gasteiger partial charge in [-0.2, -0.15) is 0 Å². The van der Waals surface area contributed by atoms with Crippen LogP contribution in [0.4, 0.5) is 10.5 Å². The molecule has 1 fully saturated rings. The second kappa shape index (κ2) is 4.28. The van der Waals surface area contributed by atoms with Gasteiger partial charge in [0.05, 0.1) is 11.3 Å². The highest BCUT2D eigenvalue weighted by Gasteiger charge is 2.25. The van der Waals surface area contributed by atoms with Crippen molar-refractivity contribution in [1.82, 2.24) is 5.32 Å². The standard InChI is InChI=1S/C14H12N2O3/c17-13(18)11-7-9-3-1-2-4-10(9)8-12(11)16-6-5-15-14(16)19/h1-4,7-8H,5-6H2,(H,15,19)(H,17,18). The normalized spacial score (nSPS) is 14.7. The van der Waals surface area contributed by atoms with Gasteiger partial charge in [-0.15, -0.1) is 0 Å². The Bertz CT molecular complexity index is 681. The van der Waals surface area contributed by atoms with Crippen molar-refractivity contribution < 1.29 is 14.7 Å². The monoisotopic (exact) mass is 256 g/mol. The Morgan fingerprint density at radius 3 is 2.47 bits per heavy atom. The molecule has 0 atom stereocenters. The third-order valence-electron chi connectivity index (χ3n) is 3.24. The summed E-state index contributed by atoms with van der Waals surface area (Å²) < 4.78 is 0. The highest BCUT2D eigenvalue weighted by atomic mass is 16.4. The van der Waals surface area contributed by atoms with Crippen LogP contribution in [0, 0.1) is 0 Å². The molecule has 5 heteroatoms. The van der Waals surface area contributed by atoms with Crippen LogP contribution < -0.4 is 10.2 Å². The van der Waals surface area contributed by atoms with Crippen molar-refractivity contribution in [3.05, 3.63) is 42.0 Å². The Hall–Kier alpha value is -2.56. The van der Waals surface area contributed by atoms with Crippen LogP contribution in [0.25, 0.3) is 10.8 Å². The maximum atomic E-state index is 11.7. The zero-order chi connectivity index (χ0) is 13.4. The van der Waals surface area contributed by atoms with Crippen molar-refractivity contribution in [3.8, 4) is 0 Å². The van der Waals surface area contributed by atoms with Crippen molar-refractivity contribution in [1.29, 1.82) is 0 Å². The molecule has 3 rings (SSSR count). The Kier molecular flexibility index (Phi) is 2.59. The summed E-state index contributed by atoms with van der Waals surface area (Å²) in [5, 5.41) is 13.8. The third-order valence-corrected chi connectivity index (χ3v) is 3.24. The molecule has 0 spiro atoms. The second-order valence-electron chi connectivity index (χ2n) is 4.41. The molecule has 5 nitrogen and oxygen atoms in total. The maximum absolute atomic E-state index is 11.7.